The van der Waals surface area contributed by atoms with Crippen LogP contribution in [0.1, 0.15) is 6.92 Å². The van der Waals surface area contributed by atoms with Crippen molar-refractivity contribution >= 4 is 18.3 Å². The van der Waals surface area contributed by atoms with Crippen molar-refractivity contribution < 1.29 is 4.84 Å². The number of hydrogen-bond acceptors (Lipinski definition) is 2. The molecule has 0 fully saturated rings. The van der Waals surface area contributed by atoms with Crippen LogP contribution in [0.3, 0.4) is 0 Å². The van der Waals surface area contributed by atoms with Gasteiger partial charge in [0.05, 0.1) is 0 Å². The summed E-state index contributed by atoms with van der Waals surface area (Å²) in [7, 11) is 0. The fraction of sp³-hybridized carbons (Fsp3) is 0.400. The Kier molecular flexibility index (Phi) is 4.36. The molecule has 0 aromatic rings. The van der Waals surface area contributed by atoms with Crippen LogP contribution in [0.4, 0.5) is 0 Å². The number of hydrogen-bond donors (Lipinski definition) is 0. The Bertz CT molecular complexity index is 96.6. The van der Waals surface area contributed by atoms with Crippen molar-refractivity contribution in [2.45, 2.75) is 6.92 Å². The highest BCUT2D eigenvalue weighted by molar-refractivity contribution is 6.29. The minimum Gasteiger partial charge on any atom is -0.392 e. The van der Waals surface area contributed by atoms with Gasteiger partial charge in [0.15, 0.2) is 0 Å². The van der Waals surface area contributed by atoms with Crippen LogP contribution in [-0.2, 0) is 4.84 Å². The standard InChI is InChI=1S/C5H8ClNO/c1-5(6)3-4-8-7-2/h3H,2,4H2,1H3. The van der Waals surface area contributed by atoms with Crippen LogP contribution >= 0.6 is 11.6 Å². The average molecular weight is 134 g/mol. The number of nitrogens with zero attached hydrogens (tertiary/aromatic N) is 1. The molecule has 0 saturated carbocycles. The van der Waals surface area contributed by atoms with E-state index >= 15 is 0 Å². The molecular weight excluding hydrogens is 126 g/mol. The van der Waals surface area contributed by atoms with E-state index in [9.17, 15) is 0 Å². The Hall–Kier alpha value is -0.500. The highest BCUT2D eigenvalue weighted by atomic mass is 35.5. The molecule has 2 nitrogen and oxygen atoms in total. The molecule has 0 heterocycles. The molecule has 0 amide bonds. The topological polar surface area (TPSA) is 21.6 Å². The molecule has 0 atom stereocenters. The second kappa shape index (κ2) is 4.65. The fourth-order valence-electron chi connectivity index (χ4n) is 0.205. The molecule has 0 saturated heterocycles. The van der Waals surface area contributed by atoms with Gasteiger partial charge >= 0.3 is 0 Å². The maximum Gasteiger partial charge on any atom is 0.136 e. The summed E-state index contributed by atoms with van der Waals surface area (Å²) in [5.41, 5.74) is 0. The summed E-state index contributed by atoms with van der Waals surface area (Å²) >= 11 is 5.43. The molecule has 0 aliphatic heterocycles. The molecule has 0 spiro atoms. The fourth-order valence-corrected chi connectivity index (χ4v) is 0.268. The van der Waals surface area contributed by atoms with Crippen molar-refractivity contribution in [1.82, 2.24) is 0 Å². The molecular formula is C5H8ClNO. The van der Waals surface area contributed by atoms with Gasteiger partial charge in [0.2, 0.25) is 0 Å². The van der Waals surface area contributed by atoms with Crippen molar-refractivity contribution in [2.75, 3.05) is 6.61 Å². The van der Waals surface area contributed by atoms with E-state index in [1.54, 1.807) is 13.0 Å². The number of allylic oxidation sites excluding steroid dienone is 1. The van der Waals surface area contributed by atoms with Crippen LogP contribution in [0.5, 0.6) is 0 Å². The van der Waals surface area contributed by atoms with Crippen molar-refractivity contribution in [2.24, 2.45) is 5.16 Å². The third-order valence-electron chi connectivity index (χ3n) is 0.530. The molecule has 0 bridgehead atoms. The van der Waals surface area contributed by atoms with Crippen molar-refractivity contribution in [3.05, 3.63) is 11.1 Å². The van der Waals surface area contributed by atoms with Gasteiger partial charge in [0.1, 0.15) is 6.61 Å². The molecule has 0 aliphatic rings. The molecule has 3 heteroatoms. The molecule has 0 N–H and O–H groups in total. The van der Waals surface area contributed by atoms with Crippen molar-refractivity contribution in [3.63, 3.8) is 0 Å². The zero-order valence-electron chi connectivity index (χ0n) is 4.72. The lowest BCUT2D eigenvalue weighted by Crippen LogP contribution is -1.79. The lowest BCUT2D eigenvalue weighted by molar-refractivity contribution is 0.177. The van der Waals surface area contributed by atoms with Crippen LogP contribution in [0.2, 0.25) is 0 Å². The minimum absolute atomic E-state index is 0.402. The minimum atomic E-state index is 0.402. The van der Waals surface area contributed by atoms with Gasteiger partial charge in [-0.1, -0.05) is 11.6 Å². The van der Waals surface area contributed by atoms with Gasteiger partial charge in [0.25, 0.3) is 0 Å². The zero-order chi connectivity index (χ0) is 6.41. The van der Waals surface area contributed by atoms with E-state index in [1.165, 1.54) is 0 Å². The predicted octanol–water partition coefficient (Wildman–Crippen LogP) is 1.76. The first kappa shape index (κ1) is 7.50. The Morgan fingerprint density at radius 1 is 2.00 bits per heavy atom. The van der Waals surface area contributed by atoms with E-state index in [0.717, 1.165) is 0 Å². The van der Waals surface area contributed by atoms with Crippen LogP contribution in [0.25, 0.3) is 0 Å². The third kappa shape index (κ3) is 5.50. The van der Waals surface area contributed by atoms with E-state index in [4.69, 9.17) is 11.6 Å². The predicted molar refractivity (Wildman–Crippen MR) is 35.1 cm³/mol. The van der Waals surface area contributed by atoms with Gasteiger partial charge in [-0.05, 0) is 13.0 Å². The lowest BCUT2D eigenvalue weighted by atomic mass is 10.5. The summed E-state index contributed by atoms with van der Waals surface area (Å²) in [4.78, 5) is 4.50. The maximum atomic E-state index is 5.43. The van der Waals surface area contributed by atoms with Crippen LogP contribution in [0, 0.1) is 0 Å². The van der Waals surface area contributed by atoms with E-state index in [0.29, 0.717) is 11.6 Å². The maximum absolute atomic E-state index is 5.43. The second-order valence-electron chi connectivity index (χ2n) is 1.22. The first-order chi connectivity index (χ1) is 3.77. The van der Waals surface area contributed by atoms with E-state index < -0.39 is 0 Å². The van der Waals surface area contributed by atoms with E-state index in [2.05, 4.69) is 16.7 Å². The summed E-state index contributed by atoms with van der Waals surface area (Å²) in [6.45, 7) is 5.29. The van der Waals surface area contributed by atoms with Gasteiger partial charge in [0, 0.05) is 11.7 Å². The highest BCUT2D eigenvalue weighted by Gasteiger charge is 1.77. The highest BCUT2D eigenvalue weighted by Crippen LogP contribution is 1.96. The molecule has 8 heavy (non-hydrogen) atoms. The van der Waals surface area contributed by atoms with Gasteiger partial charge in [-0.2, -0.15) is 0 Å². The number of halogens is 1. The normalized spacial score (nSPS) is 11.0. The molecule has 0 aliphatic carbocycles. The Balaban J connectivity index is 3.15. The second-order valence-corrected chi connectivity index (χ2v) is 1.81. The first-order valence-electron chi connectivity index (χ1n) is 2.17. The quantitative estimate of drug-likeness (QED) is 0.327. The summed E-state index contributed by atoms with van der Waals surface area (Å²) < 4.78 is 0. The largest absolute Gasteiger partial charge is 0.392 e. The molecule has 0 aromatic carbocycles. The van der Waals surface area contributed by atoms with E-state index in [1.807, 2.05) is 0 Å². The lowest BCUT2D eigenvalue weighted by Gasteiger charge is -1.88. The first-order valence-corrected chi connectivity index (χ1v) is 2.55. The van der Waals surface area contributed by atoms with Gasteiger partial charge in [-0.3, -0.25) is 0 Å². The van der Waals surface area contributed by atoms with Gasteiger partial charge in [-0.15, -0.1) is 5.16 Å². The molecule has 0 unspecified atom stereocenters. The van der Waals surface area contributed by atoms with Crippen molar-refractivity contribution in [3.8, 4) is 0 Å². The Labute approximate surface area is 53.8 Å². The van der Waals surface area contributed by atoms with Gasteiger partial charge in [-0.25, -0.2) is 0 Å². The summed E-state index contributed by atoms with van der Waals surface area (Å²) in [6.07, 6.45) is 1.70. The summed E-state index contributed by atoms with van der Waals surface area (Å²) in [5.74, 6) is 0. The number of rotatable bonds is 3. The van der Waals surface area contributed by atoms with Crippen LogP contribution in [0.15, 0.2) is 16.3 Å². The summed E-state index contributed by atoms with van der Waals surface area (Å²) in [6, 6.07) is 0. The Morgan fingerprint density at radius 2 is 2.62 bits per heavy atom. The SMILES string of the molecule is C=NOCC=C(C)Cl. The zero-order valence-corrected chi connectivity index (χ0v) is 5.48. The molecule has 0 rings (SSSR count). The third-order valence-corrected chi connectivity index (χ3v) is 0.685. The van der Waals surface area contributed by atoms with Gasteiger partial charge < -0.3 is 4.84 Å². The molecule has 0 radical (unpaired) electrons. The molecule has 0 aromatic heterocycles. The van der Waals surface area contributed by atoms with E-state index in [-0.39, 0.29) is 0 Å². The van der Waals surface area contributed by atoms with Crippen LogP contribution < -0.4 is 0 Å². The van der Waals surface area contributed by atoms with Crippen LogP contribution in [-0.4, -0.2) is 13.3 Å². The smallest absolute Gasteiger partial charge is 0.136 e. The number of oxime groups is 1. The molecule has 46 valence electrons. The Morgan fingerprint density at radius 3 is 3.00 bits per heavy atom. The van der Waals surface area contributed by atoms with Crippen molar-refractivity contribution in [1.29, 1.82) is 0 Å². The average Bonchev–Trinajstić information content (AvgIpc) is 1.66. The summed E-state index contributed by atoms with van der Waals surface area (Å²) in [5, 5.41) is 3.86. The monoisotopic (exact) mass is 133 g/mol.